The number of nitrogens with one attached hydrogen (secondary N) is 1. The number of pyridine rings is 1. The van der Waals surface area contributed by atoms with Crippen molar-refractivity contribution in [3.05, 3.63) is 59.5 Å². The molecule has 3 aromatic rings. The highest BCUT2D eigenvalue weighted by atomic mass is 16.6. The monoisotopic (exact) mass is 711 g/mol. The molecule has 3 heterocycles. The summed E-state index contributed by atoms with van der Waals surface area (Å²) in [7, 11) is 1.74. The molecule has 5 aliphatic rings. The smallest absolute Gasteiger partial charge is 0.410 e. The molecule has 10 heteroatoms. The van der Waals surface area contributed by atoms with Crippen molar-refractivity contribution in [3.8, 4) is 16.9 Å². The minimum absolute atomic E-state index is 0.0176. The van der Waals surface area contributed by atoms with E-state index in [9.17, 15) is 14.7 Å². The average Bonchev–Trinajstić information content (AvgIpc) is 3.64. The Morgan fingerprint density at radius 3 is 2.35 bits per heavy atom. The number of amides is 2. The highest BCUT2D eigenvalue weighted by Crippen LogP contribution is 2.59. The van der Waals surface area contributed by atoms with Crippen molar-refractivity contribution >= 4 is 17.8 Å². The molecule has 10 nitrogen and oxygen atoms in total. The van der Waals surface area contributed by atoms with E-state index in [2.05, 4.69) is 68.2 Å². The Hall–Kier alpha value is -3.92. The molecular weight excluding hydrogens is 654 g/mol. The quantitative estimate of drug-likeness (QED) is 0.219. The van der Waals surface area contributed by atoms with Crippen LogP contribution >= 0.6 is 0 Å². The average molecular weight is 712 g/mol. The number of aryl methyl sites for hydroxylation is 1. The van der Waals surface area contributed by atoms with Gasteiger partial charge in [0.15, 0.2) is 0 Å². The lowest BCUT2D eigenvalue weighted by Crippen LogP contribution is -2.62. The van der Waals surface area contributed by atoms with Crippen LogP contribution in [-0.2, 0) is 26.9 Å². The van der Waals surface area contributed by atoms with Crippen molar-refractivity contribution in [2.45, 2.75) is 134 Å². The highest BCUT2D eigenvalue weighted by molar-refractivity contribution is 5.93. The van der Waals surface area contributed by atoms with E-state index in [1.54, 1.807) is 14.0 Å². The predicted octanol–water partition coefficient (Wildman–Crippen LogP) is 7.94. The summed E-state index contributed by atoms with van der Waals surface area (Å²) in [6.45, 7) is 11.0. The van der Waals surface area contributed by atoms with Crippen LogP contribution in [0.1, 0.15) is 115 Å². The summed E-state index contributed by atoms with van der Waals surface area (Å²) in [4.78, 5) is 32.8. The van der Waals surface area contributed by atoms with Crippen molar-refractivity contribution in [1.29, 1.82) is 0 Å². The molecule has 2 N–H and O–H groups in total. The summed E-state index contributed by atoms with van der Waals surface area (Å²) in [5.41, 5.74) is 5.29. The Kier molecular flexibility index (Phi) is 9.68. The Morgan fingerprint density at radius 1 is 1.04 bits per heavy atom. The summed E-state index contributed by atoms with van der Waals surface area (Å²) in [6, 6.07) is 8.84. The lowest BCUT2D eigenvalue weighted by molar-refractivity contribution is -0.121. The molecule has 5 fully saturated rings. The fraction of sp³-hybridized carbons (Fsp3) is 0.619. The summed E-state index contributed by atoms with van der Waals surface area (Å²) in [5.74, 6) is 1.41. The summed E-state index contributed by atoms with van der Waals surface area (Å²) >= 11 is 0. The molecule has 1 aromatic carbocycles. The second kappa shape index (κ2) is 13.8. The number of rotatable bonds is 10. The van der Waals surface area contributed by atoms with Gasteiger partial charge in [0.1, 0.15) is 17.7 Å². The van der Waals surface area contributed by atoms with E-state index in [-0.39, 0.29) is 40.4 Å². The van der Waals surface area contributed by atoms with E-state index in [1.165, 1.54) is 16.0 Å². The van der Waals surface area contributed by atoms with Gasteiger partial charge >= 0.3 is 6.09 Å². The number of hydrogen-bond acceptors (Lipinski definition) is 7. The molecular formula is C42H57N5O5. The molecule has 0 spiro atoms. The molecule has 4 aliphatic carbocycles. The van der Waals surface area contributed by atoms with Gasteiger partial charge in [-0.05, 0) is 144 Å². The number of aliphatic hydroxyl groups is 1. The first-order valence-electron chi connectivity index (χ1n) is 19.4. The Bertz CT molecular complexity index is 1770. The largest absolute Gasteiger partial charge is 0.496 e. The first kappa shape index (κ1) is 36.4. The molecule has 1 aliphatic heterocycles. The minimum Gasteiger partial charge on any atom is -0.496 e. The van der Waals surface area contributed by atoms with Crippen LogP contribution in [0.25, 0.3) is 11.1 Å². The molecule has 2 aromatic heterocycles. The van der Waals surface area contributed by atoms with E-state index in [1.807, 2.05) is 12.4 Å². The molecule has 52 heavy (non-hydrogen) atoms. The number of carbonyl (C=O) groups excluding carboxylic acids is 2. The van der Waals surface area contributed by atoms with E-state index in [0.29, 0.717) is 44.6 Å². The van der Waals surface area contributed by atoms with Gasteiger partial charge in [0.25, 0.3) is 0 Å². The highest BCUT2D eigenvalue weighted by Gasteiger charge is 2.50. The molecule has 2 amide bonds. The van der Waals surface area contributed by atoms with Crippen LogP contribution in [-0.4, -0.2) is 68.7 Å². The van der Waals surface area contributed by atoms with Gasteiger partial charge in [0.05, 0.1) is 37.5 Å². The minimum atomic E-state index is -0.833. The topological polar surface area (TPSA) is 119 Å². The Balaban J connectivity index is 1.09. The third-order valence-corrected chi connectivity index (χ3v) is 13.3. The predicted molar refractivity (Wildman–Crippen MR) is 201 cm³/mol. The Morgan fingerprint density at radius 2 is 1.73 bits per heavy atom. The van der Waals surface area contributed by atoms with Crippen molar-refractivity contribution in [2.75, 3.05) is 25.5 Å². The number of fused-ring (bicyclic) bond motifs is 3. The first-order chi connectivity index (χ1) is 24.7. The van der Waals surface area contributed by atoms with Gasteiger partial charge in [0.2, 0.25) is 5.91 Å². The van der Waals surface area contributed by atoms with Gasteiger partial charge in [-0.2, -0.15) is 5.10 Å². The molecule has 0 atom stereocenters. The van der Waals surface area contributed by atoms with Crippen LogP contribution in [0.4, 0.5) is 10.6 Å². The molecule has 2 bridgehead atoms. The maximum Gasteiger partial charge on any atom is 0.410 e. The lowest BCUT2D eigenvalue weighted by Gasteiger charge is -2.54. The number of hydrogen-bond donors (Lipinski definition) is 2. The van der Waals surface area contributed by atoms with Gasteiger partial charge in [-0.3, -0.25) is 9.48 Å². The van der Waals surface area contributed by atoms with Crippen molar-refractivity contribution in [3.63, 3.8) is 0 Å². The zero-order valence-electron chi connectivity index (χ0n) is 32.0. The van der Waals surface area contributed by atoms with Gasteiger partial charge in [-0.1, -0.05) is 19.1 Å². The van der Waals surface area contributed by atoms with Crippen molar-refractivity contribution in [1.82, 2.24) is 19.7 Å². The third-order valence-electron chi connectivity index (χ3n) is 13.3. The van der Waals surface area contributed by atoms with E-state index in [4.69, 9.17) is 19.6 Å². The fourth-order valence-electron chi connectivity index (χ4n) is 9.33. The van der Waals surface area contributed by atoms with Crippen LogP contribution < -0.4 is 10.1 Å². The fourth-order valence-corrected chi connectivity index (χ4v) is 9.33. The second-order valence-electron chi connectivity index (χ2n) is 17.4. The lowest BCUT2D eigenvalue weighted by atomic mass is 9.50. The van der Waals surface area contributed by atoms with Crippen LogP contribution in [0.3, 0.4) is 0 Å². The summed E-state index contributed by atoms with van der Waals surface area (Å²) in [5, 5.41) is 18.1. The number of ether oxygens (including phenoxy) is 2. The van der Waals surface area contributed by atoms with Gasteiger partial charge in [-0.15, -0.1) is 0 Å². The number of carbonyl (C=O) groups is 2. The molecule has 0 radical (unpaired) electrons. The van der Waals surface area contributed by atoms with E-state index >= 15 is 0 Å². The normalized spacial score (nSPS) is 26.8. The summed E-state index contributed by atoms with van der Waals surface area (Å²) in [6.07, 6.45) is 16.6. The number of anilines is 1. The van der Waals surface area contributed by atoms with Crippen molar-refractivity contribution < 1.29 is 24.2 Å². The Labute approximate surface area is 308 Å². The van der Waals surface area contributed by atoms with Gasteiger partial charge in [-0.25, -0.2) is 9.78 Å². The maximum atomic E-state index is 13.9. The van der Waals surface area contributed by atoms with Gasteiger partial charge in [0, 0.05) is 29.4 Å². The molecule has 280 valence electrons. The van der Waals surface area contributed by atoms with Crippen LogP contribution in [0, 0.1) is 18.3 Å². The summed E-state index contributed by atoms with van der Waals surface area (Å²) < 4.78 is 13.4. The standard InChI is InChI=1S/C42H57N5O5/c1-7-39(3,4)47-25-30(24-44-47)33-14-21-43-36(45-37(48)29-8-11-32(12-9-29)52-38(49)46-26-40(5,50)27-46)34(33)23-41-15-18-42(19-16-41,20-17-41)31-10-13-35(51-6)28(2)22-31/h10,13-14,21-22,24-25,29,32,50H,7-9,11-12,15-20,23,26-27H2,1-6H3,(H,43,45,48). The molecule has 4 saturated carbocycles. The van der Waals surface area contributed by atoms with Crippen LogP contribution in [0.15, 0.2) is 42.9 Å². The van der Waals surface area contributed by atoms with E-state index < -0.39 is 5.60 Å². The SMILES string of the molecule is CCC(C)(C)n1cc(-c2ccnc(NC(=O)C3CCC(OC(=O)N4CC(C)(O)C4)CC3)c2CC23CCC(c4ccc(OC)c(C)c4)(CC2)CC3)cn1. The molecule has 8 rings (SSSR count). The number of aromatic nitrogens is 3. The number of likely N-dealkylation sites (tertiary alicyclic amines) is 1. The number of methoxy groups -OCH3 is 1. The first-order valence-corrected chi connectivity index (χ1v) is 19.4. The third kappa shape index (κ3) is 7.07. The van der Waals surface area contributed by atoms with E-state index in [0.717, 1.165) is 73.8 Å². The number of benzene rings is 1. The van der Waals surface area contributed by atoms with Crippen LogP contribution in [0.5, 0.6) is 5.75 Å². The maximum absolute atomic E-state index is 13.9. The van der Waals surface area contributed by atoms with Crippen LogP contribution in [0.2, 0.25) is 0 Å². The number of β-amino-alcohol motifs (C(OH)–C–C–N with tert-alkyl or cyclic N) is 1. The number of nitrogens with zero attached hydrogens (tertiary/aromatic N) is 4. The zero-order chi connectivity index (χ0) is 36.9. The van der Waals surface area contributed by atoms with Gasteiger partial charge < -0.3 is 24.8 Å². The molecule has 0 unspecified atom stereocenters. The van der Waals surface area contributed by atoms with Crippen molar-refractivity contribution in [2.24, 2.45) is 11.3 Å². The zero-order valence-corrected chi connectivity index (χ0v) is 32.0. The second-order valence-corrected chi connectivity index (χ2v) is 17.4. The molecule has 1 saturated heterocycles.